The molecule has 86 valence electrons. The van der Waals surface area contributed by atoms with Gasteiger partial charge in [-0.1, -0.05) is 19.3 Å². The van der Waals surface area contributed by atoms with Crippen LogP contribution in [0.15, 0.2) is 0 Å². The highest BCUT2D eigenvalue weighted by molar-refractivity contribution is 6.33. The number of hydrogen-bond donors (Lipinski definition) is 0. The van der Waals surface area contributed by atoms with Crippen molar-refractivity contribution in [2.75, 3.05) is 0 Å². The fourth-order valence-electron chi connectivity index (χ4n) is 1.83. The maximum absolute atomic E-state index is 12.3. The van der Waals surface area contributed by atoms with Crippen LogP contribution in [0.25, 0.3) is 0 Å². The standard InChI is InChI=1S/C10H13ClF2O2/c11-10(12,13)9(15)6-8(14)7-4-2-1-3-5-7/h7H,1-6H2. The average Bonchev–Trinajstić information content (AvgIpc) is 2.17. The van der Waals surface area contributed by atoms with Gasteiger partial charge in [-0.3, -0.25) is 9.59 Å². The summed E-state index contributed by atoms with van der Waals surface area (Å²) in [6.07, 6.45) is 3.62. The lowest BCUT2D eigenvalue weighted by Gasteiger charge is -2.20. The molecular formula is C10H13ClF2O2. The Hall–Kier alpha value is -0.510. The summed E-state index contributed by atoms with van der Waals surface area (Å²) in [5, 5.41) is -3.90. The Morgan fingerprint density at radius 3 is 2.20 bits per heavy atom. The Bertz CT molecular complexity index is 255. The number of carbonyl (C=O) groups excluding carboxylic acids is 2. The van der Waals surface area contributed by atoms with E-state index in [2.05, 4.69) is 11.6 Å². The number of rotatable bonds is 4. The van der Waals surface area contributed by atoms with E-state index in [1.807, 2.05) is 0 Å². The third kappa shape index (κ3) is 3.86. The lowest BCUT2D eigenvalue weighted by atomic mass is 9.85. The van der Waals surface area contributed by atoms with E-state index in [4.69, 9.17) is 0 Å². The second-order valence-electron chi connectivity index (χ2n) is 3.90. The Balaban J connectivity index is 2.44. The van der Waals surface area contributed by atoms with Crippen molar-refractivity contribution in [3.63, 3.8) is 0 Å². The molecule has 2 nitrogen and oxygen atoms in total. The predicted molar refractivity (Wildman–Crippen MR) is 52.0 cm³/mol. The van der Waals surface area contributed by atoms with Crippen molar-refractivity contribution in [3.8, 4) is 0 Å². The molecule has 1 fully saturated rings. The van der Waals surface area contributed by atoms with E-state index >= 15 is 0 Å². The van der Waals surface area contributed by atoms with Crippen LogP contribution in [0.2, 0.25) is 0 Å². The molecule has 0 saturated heterocycles. The van der Waals surface area contributed by atoms with Crippen molar-refractivity contribution in [2.24, 2.45) is 5.92 Å². The van der Waals surface area contributed by atoms with Gasteiger partial charge in [0.2, 0.25) is 5.78 Å². The largest absolute Gasteiger partial charge is 0.380 e. The summed E-state index contributed by atoms with van der Waals surface area (Å²) in [4.78, 5) is 22.3. The normalized spacial score (nSPS) is 18.9. The van der Waals surface area contributed by atoms with Gasteiger partial charge in [0.15, 0.2) is 0 Å². The number of alkyl halides is 3. The first kappa shape index (κ1) is 12.6. The number of Topliss-reactive ketones (excluding diaryl/α,β-unsaturated/α-hetero) is 2. The van der Waals surface area contributed by atoms with Gasteiger partial charge in [-0.15, -0.1) is 0 Å². The predicted octanol–water partition coefficient (Wildman–Crippen LogP) is 2.93. The lowest BCUT2D eigenvalue weighted by molar-refractivity contribution is -0.138. The van der Waals surface area contributed by atoms with Crippen molar-refractivity contribution in [3.05, 3.63) is 0 Å². The first-order valence-electron chi connectivity index (χ1n) is 5.04. The highest BCUT2D eigenvalue weighted by Crippen LogP contribution is 2.27. The third-order valence-corrected chi connectivity index (χ3v) is 2.92. The summed E-state index contributed by atoms with van der Waals surface area (Å²) in [6, 6.07) is 0. The molecule has 5 heteroatoms. The molecule has 0 atom stereocenters. The van der Waals surface area contributed by atoms with Gasteiger partial charge in [0.05, 0.1) is 6.42 Å². The molecule has 15 heavy (non-hydrogen) atoms. The molecule has 0 aliphatic heterocycles. The first-order chi connectivity index (χ1) is 6.91. The van der Waals surface area contributed by atoms with Gasteiger partial charge < -0.3 is 0 Å². The Labute approximate surface area is 92.0 Å². The molecule has 1 rings (SSSR count). The molecule has 1 aliphatic rings. The molecule has 0 spiro atoms. The molecule has 0 aromatic heterocycles. The van der Waals surface area contributed by atoms with Crippen molar-refractivity contribution < 1.29 is 18.4 Å². The van der Waals surface area contributed by atoms with Crippen LogP contribution in [0.3, 0.4) is 0 Å². The summed E-state index contributed by atoms with van der Waals surface area (Å²) in [6.45, 7) is 0. The van der Waals surface area contributed by atoms with Gasteiger partial charge >= 0.3 is 5.38 Å². The molecule has 0 bridgehead atoms. The molecule has 0 radical (unpaired) electrons. The number of carbonyl (C=O) groups is 2. The van der Waals surface area contributed by atoms with E-state index in [9.17, 15) is 18.4 Å². The zero-order valence-corrected chi connectivity index (χ0v) is 9.03. The number of ketones is 2. The lowest BCUT2D eigenvalue weighted by Crippen LogP contribution is -2.28. The Kier molecular flexibility index (Phi) is 4.20. The molecule has 0 aromatic rings. The van der Waals surface area contributed by atoms with E-state index in [0.717, 1.165) is 19.3 Å². The van der Waals surface area contributed by atoms with Crippen molar-refractivity contribution in [1.82, 2.24) is 0 Å². The van der Waals surface area contributed by atoms with E-state index < -0.39 is 17.6 Å². The smallest absolute Gasteiger partial charge is 0.299 e. The maximum atomic E-state index is 12.3. The Morgan fingerprint density at radius 1 is 1.20 bits per heavy atom. The summed E-state index contributed by atoms with van der Waals surface area (Å²) < 4.78 is 24.6. The van der Waals surface area contributed by atoms with Crippen LogP contribution < -0.4 is 0 Å². The average molecular weight is 239 g/mol. The minimum Gasteiger partial charge on any atom is -0.299 e. The molecule has 0 unspecified atom stereocenters. The van der Waals surface area contributed by atoms with E-state index in [0.29, 0.717) is 12.8 Å². The van der Waals surface area contributed by atoms with Crippen molar-refractivity contribution in [2.45, 2.75) is 43.9 Å². The summed E-state index contributed by atoms with van der Waals surface area (Å²) in [5.74, 6) is -2.10. The minimum atomic E-state index is -3.90. The van der Waals surface area contributed by atoms with Crippen LogP contribution in [-0.2, 0) is 9.59 Å². The van der Waals surface area contributed by atoms with Crippen LogP contribution in [0.5, 0.6) is 0 Å². The van der Waals surface area contributed by atoms with Gasteiger partial charge in [0, 0.05) is 5.92 Å². The van der Waals surface area contributed by atoms with Gasteiger partial charge in [-0.25, -0.2) is 0 Å². The Morgan fingerprint density at radius 2 is 1.73 bits per heavy atom. The van der Waals surface area contributed by atoms with E-state index in [1.54, 1.807) is 0 Å². The van der Waals surface area contributed by atoms with E-state index in [1.165, 1.54) is 0 Å². The zero-order chi connectivity index (χ0) is 11.5. The van der Waals surface area contributed by atoms with Crippen molar-refractivity contribution >= 4 is 23.2 Å². The van der Waals surface area contributed by atoms with Gasteiger partial charge in [-0.2, -0.15) is 8.78 Å². The van der Waals surface area contributed by atoms with Gasteiger partial charge in [0.25, 0.3) is 0 Å². The molecule has 1 aliphatic carbocycles. The zero-order valence-electron chi connectivity index (χ0n) is 8.27. The minimum absolute atomic E-state index is 0.221. The van der Waals surface area contributed by atoms with Crippen LogP contribution in [0.1, 0.15) is 38.5 Å². The van der Waals surface area contributed by atoms with Crippen LogP contribution in [-0.4, -0.2) is 16.9 Å². The van der Waals surface area contributed by atoms with Crippen LogP contribution >= 0.6 is 11.6 Å². The fraction of sp³-hybridized carbons (Fsp3) is 0.800. The summed E-state index contributed by atoms with van der Waals surface area (Å²) in [7, 11) is 0. The molecule has 0 aromatic carbocycles. The van der Waals surface area contributed by atoms with Gasteiger partial charge in [0.1, 0.15) is 5.78 Å². The maximum Gasteiger partial charge on any atom is 0.380 e. The molecule has 1 saturated carbocycles. The van der Waals surface area contributed by atoms with Crippen LogP contribution in [0.4, 0.5) is 8.78 Å². The second kappa shape index (κ2) is 5.01. The van der Waals surface area contributed by atoms with E-state index in [-0.39, 0.29) is 11.7 Å². The third-order valence-electron chi connectivity index (χ3n) is 2.71. The topological polar surface area (TPSA) is 34.1 Å². The molecule has 0 amide bonds. The van der Waals surface area contributed by atoms with Crippen molar-refractivity contribution in [1.29, 1.82) is 0 Å². The summed E-state index contributed by atoms with van der Waals surface area (Å²) >= 11 is 4.53. The van der Waals surface area contributed by atoms with Gasteiger partial charge in [-0.05, 0) is 24.4 Å². The highest BCUT2D eigenvalue weighted by atomic mass is 35.5. The van der Waals surface area contributed by atoms with Crippen LogP contribution in [0, 0.1) is 5.92 Å². The SMILES string of the molecule is O=C(CC(=O)C(F)(F)Cl)C1CCCCC1. The molecule has 0 N–H and O–H groups in total. The molecule has 0 heterocycles. The second-order valence-corrected chi connectivity index (χ2v) is 4.37. The number of hydrogen-bond acceptors (Lipinski definition) is 2. The summed E-state index contributed by atoms with van der Waals surface area (Å²) in [5.41, 5.74) is 0. The highest BCUT2D eigenvalue weighted by Gasteiger charge is 2.37. The fourth-order valence-corrected chi connectivity index (χ4v) is 1.89. The monoisotopic (exact) mass is 238 g/mol. The molecular weight excluding hydrogens is 226 g/mol. The first-order valence-corrected chi connectivity index (χ1v) is 5.42. The quantitative estimate of drug-likeness (QED) is 0.557. The number of halogens is 3.